The molecule has 0 aliphatic carbocycles. The van der Waals surface area contributed by atoms with Crippen LogP contribution >= 0.6 is 0 Å². The van der Waals surface area contributed by atoms with Gasteiger partial charge in [-0.1, -0.05) is 48.5 Å². The molecule has 0 spiro atoms. The van der Waals surface area contributed by atoms with Crippen molar-refractivity contribution in [1.29, 1.82) is 0 Å². The SMILES string of the molecule is FC(F)(F)C(F)(F)C(F)(F)C(F)(F)C(F)(F)C(F)(F)c1ccc(-c2cc(-c3ccc(C(F)(F)C(F)(F)C(F)(F)C(F)(F)C(F)(F)C(F)(F)F)cc3)[o+]c(-c3ccc(C(F)(F)C(F)(F)C(F)(F)C(F)(F)C(F)(F)C(F)(F)F)cc3)c2)cc1.[O-][Cl+3]([O-])([O-])[O-]. The molecule has 4 rings (SSSR count). The molecule has 0 atom stereocenters. The Morgan fingerprint density at radius 2 is 0.384 bits per heavy atom. The molecule has 0 fully saturated rings. The van der Waals surface area contributed by atoms with Gasteiger partial charge in [0, 0.05) is 22.3 Å². The fourth-order valence-corrected chi connectivity index (χ4v) is 6.36. The minimum atomic E-state index is -8.42. The average Bonchev–Trinajstić information content (AvgIpc) is 0.727. The predicted molar refractivity (Wildman–Crippen MR) is 189 cm³/mol. The van der Waals surface area contributed by atoms with Crippen molar-refractivity contribution in [3.8, 4) is 33.8 Å². The van der Waals surface area contributed by atoms with E-state index in [9.17, 15) is 171 Å². The molecule has 4 aromatic rings. The minimum Gasteiger partial charge on any atom is -0.222 e. The van der Waals surface area contributed by atoms with Gasteiger partial charge in [0.2, 0.25) is 0 Å². The number of alkyl halides is 39. The van der Waals surface area contributed by atoms with Gasteiger partial charge in [-0.15, -0.1) is 10.2 Å². The van der Waals surface area contributed by atoms with E-state index in [-0.39, 0.29) is 48.5 Å². The summed E-state index contributed by atoms with van der Waals surface area (Å²) in [6.45, 7) is 0. The third kappa shape index (κ3) is 11.5. The summed E-state index contributed by atoms with van der Waals surface area (Å²) in [6, 6.07) is -3.68. The van der Waals surface area contributed by atoms with Gasteiger partial charge >= 0.3 is 119 Å². The second-order valence-electron chi connectivity index (χ2n) is 16.8. The third-order valence-corrected chi connectivity index (χ3v) is 11.2. The smallest absolute Gasteiger partial charge is 0.222 e. The molecular formula is C41H14ClF39O5. The zero-order chi connectivity index (χ0) is 68.3. The first-order chi connectivity index (χ1) is 37.5. The maximum Gasteiger partial charge on any atom is 0.460 e. The number of rotatable bonds is 18. The fraction of sp³-hybridized carbons (Fsp3) is 0.439. The Morgan fingerprint density at radius 1 is 0.221 bits per heavy atom. The molecule has 0 N–H and O–H groups in total. The summed E-state index contributed by atoms with van der Waals surface area (Å²) in [6.07, 6.45) is -23.5. The van der Waals surface area contributed by atoms with Crippen LogP contribution in [0.3, 0.4) is 0 Å². The molecule has 0 aliphatic heterocycles. The topological polar surface area (TPSA) is 104 Å². The summed E-state index contributed by atoms with van der Waals surface area (Å²) in [5.74, 6) is -123. The predicted octanol–water partition coefficient (Wildman–Crippen LogP) is 14.4. The van der Waals surface area contributed by atoms with E-state index in [1.54, 1.807) is 0 Å². The Kier molecular flexibility index (Phi) is 18.6. The molecule has 0 unspecified atom stereocenters. The van der Waals surface area contributed by atoms with Gasteiger partial charge in [0.15, 0.2) is 0 Å². The van der Waals surface area contributed by atoms with Crippen LogP contribution in [0.1, 0.15) is 16.7 Å². The van der Waals surface area contributed by atoms with Gasteiger partial charge in [-0.2, -0.15) is 171 Å². The molecule has 0 aliphatic rings. The molecule has 0 bridgehead atoms. The van der Waals surface area contributed by atoms with E-state index >= 15 is 0 Å². The summed E-state index contributed by atoms with van der Waals surface area (Å²) in [5.41, 5.74) is -12.5. The molecule has 5 nitrogen and oxygen atoms in total. The van der Waals surface area contributed by atoms with E-state index in [1.165, 1.54) is 0 Å². The monoisotopic (exact) mass is 1360 g/mol. The van der Waals surface area contributed by atoms with Gasteiger partial charge in [0.1, 0.15) is 0 Å². The first-order valence-electron chi connectivity index (χ1n) is 20.3. The van der Waals surface area contributed by atoms with Crippen LogP contribution < -0.4 is 18.6 Å². The molecule has 0 amide bonds. The molecule has 0 saturated heterocycles. The summed E-state index contributed by atoms with van der Waals surface area (Å²) in [5, 5.41) is 0. The van der Waals surface area contributed by atoms with Crippen LogP contribution in [0.4, 0.5) is 171 Å². The maximum atomic E-state index is 15.0. The molecule has 3 aromatic carbocycles. The van der Waals surface area contributed by atoms with Gasteiger partial charge in [0.25, 0.3) is 0 Å². The van der Waals surface area contributed by atoms with E-state index < -0.39 is 204 Å². The summed E-state index contributed by atoms with van der Waals surface area (Å²) >= 11 is 0. The van der Waals surface area contributed by atoms with Crippen molar-refractivity contribution in [3.63, 3.8) is 0 Å². The lowest BCUT2D eigenvalue weighted by atomic mass is 9.89. The third-order valence-electron chi connectivity index (χ3n) is 11.2. The van der Waals surface area contributed by atoms with Crippen molar-refractivity contribution in [2.75, 3.05) is 0 Å². The summed E-state index contributed by atoms with van der Waals surface area (Å²) in [4.78, 5) is 0. The first-order valence-corrected chi connectivity index (χ1v) is 21.5. The van der Waals surface area contributed by atoms with Gasteiger partial charge in [-0.3, -0.25) is 0 Å². The number of benzene rings is 3. The zero-order valence-corrected chi connectivity index (χ0v) is 39.5. The van der Waals surface area contributed by atoms with Crippen LogP contribution in [-0.2, 0) is 17.8 Å². The van der Waals surface area contributed by atoms with Crippen LogP contribution in [0.15, 0.2) is 89.3 Å². The van der Waals surface area contributed by atoms with Crippen LogP contribution in [0.2, 0.25) is 0 Å². The second kappa shape index (κ2) is 21.5. The lowest BCUT2D eigenvalue weighted by Gasteiger charge is -2.39. The molecule has 488 valence electrons. The molecule has 0 radical (unpaired) electrons. The fourth-order valence-electron chi connectivity index (χ4n) is 6.36. The van der Waals surface area contributed by atoms with E-state index in [0.717, 1.165) is 0 Å². The number of hydrogen-bond acceptors (Lipinski definition) is 4. The minimum absolute atomic E-state index is 0.0865. The largest absolute Gasteiger partial charge is 0.460 e. The zero-order valence-electron chi connectivity index (χ0n) is 38.7. The molecule has 45 heteroatoms. The van der Waals surface area contributed by atoms with E-state index in [4.69, 9.17) is 23.1 Å². The van der Waals surface area contributed by atoms with Crippen LogP contribution in [0, 0.1) is 10.2 Å². The Morgan fingerprint density at radius 3 is 0.558 bits per heavy atom. The maximum absolute atomic E-state index is 15.0. The normalized spacial score (nSPS) is 15.4. The first kappa shape index (κ1) is 74.5. The number of hydrogen-bond donors (Lipinski definition) is 0. The molecule has 86 heavy (non-hydrogen) atoms. The van der Waals surface area contributed by atoms with Gasteiger partial charge in [-0.05, 0) is 29.8 Å². The quantitative estimate of drug-likeness (QED) is 0.0729. The Bertz CT molecular complexity index is 2700. The van der Waals surface area contributed by atoms with Crippen molar-refractivity contribution in [2.24, 2.45) is 0 Å². The molecule has 1 heterocycles. The van der Waals surface area contributed by atoms with Gasteiger partial charge in [-0.25, -0.2) is 23.1 Å². The average molecular weight is 1360 g/mol. The molecule has 1 aromatic heterocycles. The van der Waals surface area contributed by atoms with Crippen molar-refractivity contribution in [2.45, 2.75) is 107 Å². The van der Waals surface area contributed by atoms with E-state index in [1.807, 2.05) is 0 Å². The summed E-state index contributed by atoms with van der Waals surface area (Å²) < 4.78 is 577. The molecular weight excluding hydrogens is 1350 g/mol. The van der Waals surface area contributed by atoms with Crippen LogP contribution in [0.5, 0.6) is 0 Å². The highest BCUT2D eigenvalue weighted by molar-refractivity contribution is 5.75. The van der Waals surface area contributed by atoms with Gasteiger partial charge < -0.3 is 0 Å². The highest BCUT2D eigenvalue weighted by Crippen LogP contribution is 2.66. The second-order valence-corrected chi connectivity index (χ2v) is 17.5. The molecule has 0 saturated carbocycles. The highest BCUT2D eigenvalue weighted by Gasteiger charge is 2.93. The Balaban J connectivity index is 0.00000371. The highest BCUT2D eigenvalue weighted by atomic mass is 35.7. The summed E-state index contributed by atoms with van der Waals surface area (Å²) in [7, 11) is -4.94. The van der Waals surface area contributed by atoms with E-state index in [0.29, 0.717) is 0 Å². The Labute approximate surface area is 447 Å². The Hall–Kier alpha value is -5.79. The van der Waals surface area contributed by atoms with Crippen molar-refractivity contribution < 1.29 is 205 Å². The van der Waals surface area contributed by atoms with Crippen molar-refractivity contribution >= 4 is 0 Å². The standard InChI is InChI=1S/C41H14F39O.ClHO4/c42-24(43,27(48,49)30(54,55)33(60,61)36(66,67)39(72,73)74)19-7-1-15(2-8-19)18-13-22(16-3-9-20(10-4-16)25(44,45)28(50,51)31(56,57)34(62,63)37(68,69)40(75,76)77)81-23(14-18)17-5-11-21(12-6-17)26(46,47)29(52,53)32(58,59)35(64,65)38(70,71)41(78,79)80;2-1(3,4)5/h1-14H;(H,2,3,4,5)/q+1;/p-1. The van der Waals surface area contributed by atoms with Crippen molar-refractivity contribution in [1.82, 2.24) is 0 Å². The van der Waals surface area contributed by atoms with Crippen LogP contribution in [-0.4, -0.2) is 89.6 Å². The number of halogens is 40. The lowest BCUT2D eigenvalue weighted by molar-refractivity contribution is -2.00. The van der Waals surface area contributed by atoms with Gasteiger partial charge in [0.05, 0.1) is 23.3 Å². The van der Waals surface area contributed by atoms with E-state index in [2.05, 4.69) is 0 Å². The van der Waals surface area contributed by atoms with Crippen molar-refractivity contribution in [3.05, 3.63) is 102 Å². The lowest BCUT2D eigenvalue weighted by Crippen LogP contribution is -2.69. The van der Waals surface area contributed by atoms with Crippen LogP contribution in [0.25, 0.3) is 33.8 Å².